The van der Waals surface area contributed by atoms with E-state index in [2.05, 4.69) is 17.1 Å². The maximum atomic E-state index is 13.0. The van der Waals surface area contributed by atoms with Crippen molar-refractivity contribution in [1.82, 2.24) is 10.2 Å². The van der Waals surface area contributed by atoms with Gasteiger partial charge >= 0.3 is 0 Å². The Bertz CT molecular complexity index is 431. The standard InChI is InChI=1S/C17H25FN2/c1-2-17(13-5-7-14(18)8-6-13)19-15-9-11-20-10-3-4-16(20)12-15/h5-8,15-17,19H,2-4,9-12H2,1H3. The van der Waals surface area contributed by atoms with Crippen molar-refractivity contribution in [3.63, 3.8) is 0 Å². The summed E-state index contributed by atoms with van der Waals surface area (Å²) in [5.41, 5.74) is 1.21. The zero-order chi connectivity index (χ0) is 13.9. The SMILES string of the molecule is CCC(NC1CCN2CCCC2C1)c1ccc(F)cc1. The van der Waals surface area contributed by atoms with Crippen LogP contribution < -0.4 is 5.32 Å². The lowest BCUT2D eigenvalue weighted by Crippen LogP contribution is -2.46. The summed E-state index contributed by atoms with van der Waals surface area (Å²) in [6.45, 7) is 4.74. The molecule has 3 heteroatoms. The highest BCUT2D eigenvalue weighted by molar-refractivity contribution is 5.20. The molecule has 0 aliphatic carbocycles. The van der Waals surface area contributed by atoms with E-state index in [0.717, 1.165) is 12.5 Å². The predicted octanol–water partition coefficient (Wildman–Crippen LogP) is 3.49. The molecule has 2 saturated heterocycles. The van der Waals surface area contributed by atoms with Gasteiger partial charge in [0.2, 0.25) is 0 Å². The van der Waals surface area contributed by atoms with Crippen molar-refractivity contribution in [2.24, 2.45) is 0 Å². The molecule has 0 radical (unpaired) electrons. The maximum Gasteiger partial charge on any atom is 0.123 e. The number of benzene rings is 1. The van der Waals surface area contributed by atoms with E-state index in [9.17, 15) is 4.39 Å². The Morgan fingerprint density at radius 2 is 2.05 bits per heavy atom. The number of hydrogen-bond acceptors (Lipinski definition) is 2. The average molecular weight is 276 g/mol. The largest absolute Gasteiger partial charge is 0.307 e. The van der Waals surface area contributed by atoms with Crippen LogP contribution in [0, 0.1) is 5.82 Å². The molecule has 3 unspecified atom stereocenters. The number of nitrogens with one attached hydrogen (secondary N) is 1. The van der Waals surface area contributed by atoms with Gasteiger partial charge in [0.15, 0.2) is 0 Å². The van der Waals surface area contributed by atoms with Gasteiger partial charge in [-0.15, -0.1) is 0 Å². The molecule has 2 fully saturated rings. The smallest absolute Gasteiger partial charge is 0.123 e. The van der Waals surface area contributed by atoms with Crippen molar-refractivity contribution in [2.75, 3.05) is 13.1 Å². The van der Waals surface area contributed by atoms with Gasteiger partial charge in [-0.3, -0.25) is 0 Å². The highest BCUT2D eigenvalue weighted by atomic mass is 19.1. The minimum absolute atomic E-state index is 0.150. The first-order valence-electron chi connectivity index (χ1n) is 8.02. The summed E-state index contributed by atoms with van der Waals surface area (Å²) in [5.74, 6) is -0.150. The van der Waals surface area contributed by atoms with E-state index in [1.54, 1.807) is 12.1 Å². The van der Waals surface area contributed by atoms with Crippen molar-refractivity contribution in [1.29, 1.82) is 0 Å². The maximum absolute atomic E-state index is 13.0. The number of nitrogens with zero attached hydrogens (tertiary/aromatic N) is 1. The van der Waals surface area contributed by atoms with Crippen LogP contribution in [0.5, 0.6) is 0 Å². The van der Waals surface area contributed by atoms with E-state index in [-0.39, 0.29) is 5.82 Å². The van der Waals surface area contributed by atoms with Gasteiger partial charge in [-0.25, -0.2) is 4.39 Å². The van der Waals surface area contributed by atoms with Crippen molar-refractivity contribution in [3.8, 4) is 0 Å². The van der Waals surface area contributed by atoms with Gasteiger partial charge < -0.3 is 10.2 Å². The highest BCUT2D eigenvalue weighted by Gasteiger charge is 2.32. The van der Waals surface area contributed by atoms with Crippen LogP contribution >= 0.6 is 0 Å². The van der Waals surface area contributed by atoms with Gasteiger partial charge in [0.05, 0.1) is 0 Å². The van der Waals surface area contributed by atoms with Crippen LogP contribution in [0.15, 0.2) is 24.3 Å². The molecule has 1 aromatic carbocycles. The van der Waals surface area contributed by atoms with E-state index in [0.29, 0.717) is 12.1 Å². The molecule has 0 aromatic heterocycles. The van der Waals surface area contributed by atoms with E-state index in [4.69, 9.17) is 0 Å². The van der Waals surface area contributed by atoms with Crippen LogP contribution in [0.4, 0.5) is 4.39 Å². The van der Waals surface area contributed by atoms with Gasteiger partial charge in [0, 0.05) is 18.1 Å². The third-order valence-corrected chi connectivity index (χ3v) is 4.94. The molecule has 2 aliphatic rings. The lowest BCUT2D eigenvalue weighted by molar-refractivity contribution is 0.160. The lowest BCUT2D eigenvalue weighted by atomic mass is 9.95. The summed E-state index contributed by atoms with van der Waals surface area (Å²) < 4.78 is 13.0. The first-order valence-corrected chi connectivity index (χ1v) is 8.02. The Kier molecular flexibility index (Phi) is 4.37. The fourth-order valence-electron chi connectivity index (χ4n) is 3.81. The quantitative estimate of drug-likeness (QED) is 0.905. The molecule has 0 saturated carbocycles. The summed E-state index contributed by atoms with van der Waals surface area (Å²) in [6, 6.07) is 8.74. The molecule has 0 bridgehead atoms. The first kappa shape index (κ1) is 14.0. The Morgan fingerprint density at radius 3 is 2.80 bits per heavy atom. The highest BCUT2D eigenvalue weighted by Crippen LogP contribution is 2.28. The van der Waals surface area contributed by atoms with Gasteiger partial charge in [-0.2, -0.15) is 0 Å². The Hall–Kier alpha value is -0.930. The third kappa shape index (κ3) is 3.04. The van der Waals surface area contributed by atoms with Crippen molar-refractivity contribution >= 4 is 0 Å². The second-order valence-corrected chi connectivity index (χ2v) is 6.23. The van der Waals surface area contributed by atoms with Crippen LogP contribution in [0.3, 0.4) is 0 Å². The van der Waals surface area contributed by atoms with Crippen LogP contribution in [0.25, 0.3) is 0 Å². The van der Waals surface area contributed by atoms with Crippen molar-refractivity contribution < 1.29 is 4.39 Å². The van der Waals surface area contributed by atoms with E-state index < -0.39 is 0 Å². The zero-order valence-corrected chi connectivity index (χ0v) is 12.3. The van der Waals surface area contributed by atoms with Crippen LogP contribution in [-0.4, -0.2) is 30.1 Å². The van der Waals surface area contributed by atoms with E-state index >= 15 is 0 Å². The number of halogens is 1. The Labute approximate surface area is 121 Å². The van der Waals surface area contributed by atoms with Crippen LogP contribution in [0.2, 0.25) is 0 Å². The summed E-state index contributed by atoms with van der Waals surface area (Å²) in [5, 5.41) is 3.80. The molecule has 110 valence electrons. The molecule has 2 heterocycles. The Balaban J connectivity index is 1.61. The molecule has 0 spiro atoms. The fourth-order valence-corrected chi connectivity index (χ4v) is 3.81. The normalized spacial score (nSPS) is 28.3. The third-order valence-electron chi connectivity index (χ3n) is 4.94. The summed E-state index contributed by atoms with van der Waals surface area (Å²) in [4.78, 5) is 2.65. The van der Waals surface area contributed by atoms with E-state index in [1.807, 2.05) is 12.1 Å². The molecule has 3 rings (SSSR count). The van der Waals surface area contributed by atoms with Gasteiger partial charge in [0.1, 0.15) is 5.82 Å². The first-order chi connectivity index (χ1) is 9.76. The molecule has 2 aliphatic heterocycles. The monoisotopic (exact) mass is 276 g/mol. The molecular weight excluding hydrogens is 251 g/mol. The topological polar surface area (TPSA) is 15.3 Å². The molecule has 0 amide bonds. The number of piperidine rings is 1. The second-order valence-electron chi connectivity index (χ2n) is 6.23. The second kappa shape index (κ2) is 6.23. The molecule has 1 aromatic rings. The summed E-state index contributed by atoms with van der Waals surface area (Å²) in [7, 11) is 0. The summed E-state index contributed by atoms with van der Waals surface area (Å²) in [6.07, 6.45) is 6.31. The predicted molar refractivity (Wildman–Crippen MR) is 80.2 cm³/mol. The van der Waals surface area contributed by atoms with Crippen molar-refractivity contribution in [3.05, 3.63) is 35.6 Å². The Morgan fingerprint density at radius 1 is 1.25 bits per heavy atom. The van der Waals surface area contributed by atoms with E-state index in [1.165, 1.54) is 44.3 Å². The van der Waals surface area contributed by atoms with Crippen LogP contribution in [0.1, 0.15) is 50.6 Å². The molecular formula is C17H25FN2. The van der Waals surface area contributed by atoms with Crippen LogP contribution in [-0.2, 0) is 0 Å². The van der Waals surface area contributed by atoms with Crippen molar-refractivity contribution in [2.45, 2.75) is 57.2 Å². The van der Waals surface area contributed by atoms with Gasteiger partial charge in [0.25, 0.3) is 0 Å². The summed E-state index contributed by atoms with van der Waals surface area (Å²) >= 11 is 0. The fraction of sp³-hybridized carbons (Fsp3) is 0.647. The zero-order valence-electron chi connectivity index (χ0n) is 12.3. The number of rotatable bonds is 4. The molecule has 1 N–H and O–H groups in total. The minimum Gasteiger partial charge on any atom is -0.307 e. The van der Waals surface area contributed by atoms with Gasteiger partial charge in [-0.1, -0.05) is 19.1 Å². The average Bonchev–Trinajstić information content (AvgIpc) is 2.93. The van der Waals surface area contributed by atoms with Gasteiger partial charge in [-0.05, 0) is 62.9 Å². The lowest BCUT2D eigenvalue weighted by Gasteiger charge is -2.37. The number of fused-ring (bicyclic) bond motifs is 1. The minimum atomic E-state index is -0.150. The molecule has 3 atom stereocenters. The molecule has 20 heavy (non-hydrogen) atoms. The number of hydrogen-bond donors (Lipinski definition) is 1. The molecule has 2 nitrogen and oxygen atoms in total.